The number of rotatable bonds is 16. The molecule has 0 radical (unpaired) electrons. The number of aryl methyl sites for hydroxylation is 4. The van der Waals surface area contributed by atoms with Gasteiger partial charge >= 0.3 is 12.2 Å². The van der Waals surface area contributed by atoms with Crippen molar-refractivity contribution < 1.29 is 28.7 Å². The van der Waals surface area contributed by atoms with E-state index in [4.69, 9.17) is 19.4 Å². The second-order valence-electron chi connectivity index (χ2n) is 22.7. The third-order valence-corrected chi connectivity index (χ3v) is 19.3. The number of aromatic nitrogens is 4. The molecule has 8 unspecified atom stereocenters. The summed E-state index contributed by atoms with van der Waals surface area (Å²) in [6.07, 6.45) is 21.7. The molecule has 14 nitrogen and oxygen atoms in total. The molecule has 2 saturated carbocycles. The number of hydrogen-bond acceptors (Lipinski definition) is 10. The van der Waals surface area contributed by atoms with E-state index in [2.05, 4.69) is 115 Å². The molecule has 4 bridgehead atoms. The minimum atomic E-state index is -0.658. The molecule has 0 spiro atoms. The number of H-pyrrole nitrogens is 2. The minimum Gasteiger partial charge on any atom is -0.453 e. The highest BCUT2D eigenvalue weighted by atomic mass is 32.2. The van der Waals surface area contributed by atoms with E-state index < -0.39 is 24.3 Å². The first-order valence-electron chi connectivity index (χ1n) is 29.0. The van der Waals surface area contributed by atoms with Crippen molar-refractivity contribution >= 4 is 47.5 Å². The zero-order valence-corrected chi connectivity index (χ0v) is 48.3. The van der Waals surface area contributed by atoms with Gasteiger partial charge in [0.05, 0.1) is 50.1 Å². The molecule has 6 aromatic rings. The van der Waals surface area contributed by atoms with Crippen LogP contribution in [0, 0.1) is 11.8 Å². The van der Waals surface area contributed by atoms with Crippen LogP contribution in [0.3, 0.4) is 0 Å². The van der Waals surface area contributed by atoms with Crippen LogP contribution in [-0.4, -0.2) is 116 Å². The summed E-state index contributed by atoms with van der Waals surface area (Å²) in [5.41, 5.74) is 14.1. The summed E-state index contributed by atoms with van der Waals surface area (Å²) < 4.78 is 9.88. The highest BCUT2D eigenvalue weighted by Crippen LogP contribution is 2.48. The Hall–Kier alpha value is -6.52. The van der Waals surface area contributed by atoms with Crippen LogP contribution in [0.4, 0.5) is 9.59 Å². The number of aromatic amines is 2. The number of nitrogens with one attached hydrogen (secondary N) is 4. The minimum absolute atomic E-state index is 0.0506. The van der Waals surface area contributed by atoms with Crippen LogP contribution in [0.25, 0.3) is 44.8 Å². The summed E-state index contributed by atoms with van der Waals surface area (Å²) in [4.78, 5) is 75.0. The van der Waals surface area contributed by atoms with E-state index in [-0.39, 0.29) is 36.0 Å². The smallest absolute Gasteiger partial charge is 0.407 e. The van der Waals surface area contributed by atoms with E-state index in [1.165, 1.54) is 71.6 Å². The maximum Gasteiger partial charge on any atom is 0.407 e. The average molecular weight is 1120 g/mol. The Bertz CT molecular complexity index is 2950. The second kappa shape index (κ2) is 25.1. The molecule has 4 heterocycles. The number of nitrogens with zero attached hydrogens (tertiary/aromatic N) is 4. The number of imidazole rings is 2. The molecule has 4 N–H and O–H groups in total. The highest BCUT2D eigenvalue weighted by molar-refractivity contribution is 7.98. The fraction of sp³-hybridized carbons (Fsp3) is 0.469. The molecule has 2 saturated heterocycles. The third-order valence-electron chi connectivity index (χ3n) is 18.0. The van der Waals surface area contributed by atoms with Crippen molar-refractivity contribution in [1.29, 1.82) is 0 Å². The number of amides is 4. The topological polar surface area (TPSA) is 175 Å². The molecule has 80 heavy (non-hydrogen) atoms. The van der Waals surface area contributed by atoms with Gasteiger partial charge in [-0.1, -0.05) is 111 Å². The van der Waals surface area contributed by atoms with Crippen LogP contribution in [0.2, 0.25) is 0 Å². The monoisotopic (exact) mass is 1120 g/mol. The van der Waals surface area contributed by atoms with Gasteiger partial charge in [0.15, 0.2) is 0 Å². The van der Waals surface area contributed by atoms with Crippen molar-refractivity contribution in [3.8, 4) is 44.8 Å². The van der Waals surface area contributed by atoms with Crippen molar-refractivity contribution in [2.45, 2.75) is 139 Å². The van der Waals surface area contributed by atoms with Crippen molar-refractivity contribution in [2.75, 3.05) is 38.2 Å². The van der Waals surface area contributed by atoms with Gasteiger partial charge in [0.1, 0.15) is 23.7 Å². The number of thioether (sulfide) groups is 2. The number of alkyl carbamates (subject to hydrolysis) is 2. The number of fused-ring (bicyclic) bond motifs is 2. The van der Waals surface area contributed by atoms with Gasteiger partial charge in [-0.2, -0.15) is 23.5 Å². The molecule has 2 aromatic heterocycles. The molecular weight excluding hydrogens is 1040 g/mol. The Kier molecular flexibility index (Phi) is 17.4. The van der Waals surface area contributed by atoms with Gasteiger partial charge < -0.3 is 39.9 Å². The van der Waals surface area contributed by atoms with Gasteiger partial charge in [0, 0.05) is 12.1 Å². The molecular formula is C64H76N8O6S2. The van der Waals surface area contributed by atoms with Crippen molar-refractivity contribution in [3.05, 3.63) is 131 Å². The zero-order valence-electron chi connectivity index (χ0n) is 46.6. The van der Waals surface area contributed by atoms with Gasteiger partial charge in [-0.05, 0) is 169 Å². The molecule has 16 heteroatoms. The Morgan fingerprint density at radius 2 is 0.963 bits per heavy atom. The molecule has 8 atom stereocenters. The molecule has 420 valence electrons. The Morgan fingerprint density at radius 3 is 1.36 bits per heavy atom. The summed E-state index contributed by atoms with van der Waals surface area (Å²) in [5.74, 6) is 3.80. The summed E-state index contributed by atoms with van der Waals surface area (Å²) in [7, 11) is 2.68. The lowest BCUT2D eigenvalue weighted by atomic mass is 9.84. The molecule has 2 aliphatic heterocycles. The van der Waals surface area contributed by atoms with E-state index in [0.29, 0.717) is 24.7 Å². The van der Waals surface area contributed by atoms with Gasteiger partial charge in [-0.15, -0.1) is 0 Å². The summed E-state index contributed by atoms with van der Waals surface area (Å²) >= 11 is 3.32. The quantitative estimate of drug-likeness (QED) is 0.0730. The number of methoxy groups -OCH3 is 2. The molecule has 14 rings (SSSR count). The van der Waals surface area contributed by atoms with Gasteiger partial charge in [-0.3, -0.25) is 9.59 Å². The van der Waals surface area contributed by atoms with Crippen LogP contribution in [0.15, 0.2) is 97.3 Å². The maximum absolute atomic E-state index is 14.4. The number of likely N-dealkylation sites (tertiary alicyclic amines) is 2. The Labute approximate surface area is 479 Å². The second-order valence-corrected chi connectivity index (χ2v) is 24.6. The predicted octanol–water partition coefficient (Wildman–Crippen LogP) is 12.3. The Balaban J connectivity index is 0.778. The zero-order chi connectivity index (χ0) is 55.3. The van der Waals surface area contributed by atoms with Gasteiger partial charge in [0.2, 0.25) is 11.8 Å². The van der Waals surface area contributed by atoms with E-state index in [9.17, 15) is 19.2 Å². The standard InChI is InChI=1S/C64H76N8O6S2/c1-77-63(75)69-51(29-31-79-3)61(73)71-55-11-7-5-9-47(55)35-57(71)59-65-37-53(67-59)45-25-21-43(22-26-45)49-33-39-13-17-41(49)19-15-40-14-18-42(20-16-39)50(34-40)44-23-27-46(28-24-44)54-38-66-60(68-54)58-36-48-10-6-8-12-56(48)72(58)62(74)52(30-32-80-4)70-64(76)78-2/h13-14,17-18,21-28,33-34,37-38,47-48,51-52,55-58H,5-12,15-16,19-20,29-32,35-36H2,1-4H3,(H,65,67)(H,66,68)(H,69,75)(H,70,76). The molecule has 6 aliphatic carbocycles. The van der Waals surface area contributed by atoms with E-state index >= 15 is 0 Å². The number of carbonyl (C=O) groups is 4. The third kappa shape index (κ3) is 11.8. The van der Waals surface area contributed by atoms with E-state index in [1.807, 2.05) is 24.9 Å². The lowest BCUT2D eigenvalue weighted by molar-refractivity contribution is -0.138. The van der Waals surface area contributed by atoms with E-state index in [0.717, 1.165) is 123 Å². The fourth-order valence-corrected chi connectivity index (χ4v) is 14.8. The lowest BCUT2D eigenvalue weighted by Gasteiger charge is -2.36. The molecule has 8 aliphatic rings. The summed E-state index contributed by atoms with van der Waals surface area (Å²) in [5, 5.41) is 5.70. The number of benzene rings is 4. The molecule has 4 fully saturated rings. The first kappa shape index (κ1) is 55.4. The lowest BCUT2D eigenvalue weighted by Crippen LogP contribution is -2.52. The average Bonchev–Trinajstić information content (AvgIpc) is 4.37. The maximum atomic E-state index is 14.4. The van der Waals surface area contributed by atoms with Crippen molar-refractivity contribution in [3.63, 3.8) is 0 Å². The van der Waals surface area contributed by atoms with Crippen LogP contribution >= 0.6 is 23.5 Å². The van der Waals surface area contributed by atoms with Crippen LogP contribution in [-0.2, 0) is 44.7 Å². The van der Waals surface area contributed by atoms with E-state index in [1.54, 1.807) is 23.5 Å². The fourth-order valence-electron chi connectivity index (χ4n) is 13.8. The predicted molar refractivity (Wildman–Crippen MR) is 318 cm³/mol. The normalized spacial score (nSPS) is 22.1. The van der Waals surface area contributed by atoms with Crippen molar-refractivity contribution in [1.82, 2.24) is 40.4 Å². The number of hydrogen-bond donors (Lipinski definition) is 4. The summed E-state index contributed by atoms with van der Waals surface area (Å²) in [6.45, 7) is 0. The molecule has 4 amide bonds. The van der Waals surface area contributed by atoms with Gasteiger partial charge in [-0.25, -0.2) is 19.6 Å². The first-order chi connectivity index (χ1) is 39.1. The Morgan fingerprint density at radius 1 is 0.562 bits per heavy atom. The van der Waals surface area contributed by atoms with Crippen LogP contribution in [0.5, 0.6) is 0 Å². The number of ether oxygens (including phenoxy) is 2. The molecule has 4 aromatic carbocycles. The SMILES string of the molecule is COC(=O)NC(CCSC)C(=O)N1C(c2ncc(-c3ccc(-c4cc5ccc4CCc4ccc(c(-c6ccc(-c7cnc(C8CC9CCCCC9N8C(=O)C(CCSC)NC(=O)OC)[nH]7)cc6)c4)CC5)cc3)[nH]2)CC2CCCCC21. The first-order valence-corrected chi connectivity index (χ1v) is 31.8. The summed E-state index contributed by atoms with van der Waals surface area (Å²) in [6, 6.07) is 30.2. The largest absolute Gasteiger partial charge is 0.453 e. The van der Waals surface area contributed by atoms with Gasteiger partial charge in [0.25, 0.3) is 0 Å². The highest BCUT2D eigenvalue weighted by Gasteiger charge is 2.49. The van der Waals surface area contributed by atoms with Crippen molar-refractivity contribution in [2.24, 2.45) is 11.8 Å². The number of carbonyl (C=O) groups excluding carboxylic acids is 4. The van der Waals surface area contributed by atoms with Crippen LogP contribution in [0.1, 0.15) is 123 Å². The van der Waals surface area contributed by atoms with Crippen LogP contribution < -0.4 is 10.6 Å².